The Morgan fingerprint density at radius 3 is 2.48 bits per heavy atom. The third-order valence-corrected chi connectivity index (χ3v) is 3.44. The Hall–Kier alpha value is -2.86. The minimum absolute atomic E-state index is 0.0871. The number of pyridine rings is 1. The van der Waals surface area contributed by atoms with Gasteiger partial charge >= 0.3 is 0 Å². The molecule has 0 spiro atoms. The van der Waals surface area contributed by atoms with E-state index in [9.17, 15) is 9.50 Å². The molecule has 2 aromatic carbocycles. The highest BCUT2D eigenvalue weighted by Gasteiger charge is 2.14. The Labute approximate surface area is 158 Å². The lowest BCUT2D eigenvalue weighted by Crippen LogP contribution is -2.27. The third-order valence-electron chi connectivity index (χ3n) is 3.44. The van der Waals surface area contributed by atoms with Crippen LogP contribution in [0, 0.1) is 5.82 Å². The zero-order valence-corrected chi connectivity index (χ0v) is 16.0. The van der Waals surface area contributed by atoms with Crippen molar-refractivity contribution < 1.29 is 19.0 Å². The van der Waals surface area contributed by atoms with Crippen LogP contribution in [0.25, 0.3) is 10.9 Å². The fourth-order valence-corrected chi connectivity index (χ4v) is 2.26. The van der Waals surface area contributed by atoms with E-state index in [1.54, 1.807) is 50.4 Å². The van der Waals surface area contributed by atoms with Gasteiger partial charge in [-0.25, -0.2) is 4.39 Å². The number of aliphatic hydroxyl groups is 1. The maximum Gasteiger partial charge on any atom is 0.167 e. The predicted octanol–water partition coefficient (Wildman–Crippen LogP) is 4.92. The Bertz CT molecular complexity index is 908. The molecule has 0 bridgehead atoms. The van der Waals surface area contributed by atoms with Crippen molar-refractivity contribution in [3.8, 4) is 17.2 Å². The molecule has 0 fully saturated rings. The van der Waals surface area contributed by atoms with E-state index < -0.39 is 11.4 Å². The third kappa shape index (κ3) is 5.56. The minimum atomic E-state index is -0.931. The molecule has 144 valence electrons. The number of fused-ring (bicyclic) bond motifs is 1. The standard InChI is InChI=1S/C19H19FN2O3.C2H6/c1-19(2,23)11-24-13-4-5-14-16(10-13)22-8-7-17(14)25-18-6-3-12(21)9-15(18)20;1-2/h3-10,23H,11,21H2,1-2H3;1-2H3. The van der Waals surface area contributed by atoms with Crippen LogP contribution in [0.1, 0.15) is 27.7 Å². The lowest BCUT2D eigenvalue weighted by molar-refractivity contribution is 0.0285. The first-order valence-electron chi connectivity index (χ1n) is 8.79. The van der Waals surface area contributed by atoms with Crippen LogP contribution in [-0.2, 0) is 0 Å². The highest BCUT2D eigenvalue weighted by molar-refractivity contribution is 5.86. The van der Waals surface area contributed by atoms with Gasteiger partial charge in [-0.2, -0.15) is 0 Å². The molecule has 0 amide bonds. The summed E-state index contributed by atoms with van der Waals surface area (Å²) in [5.74, 6) is 0.611. The molecule has 3 aromatic rings. The van der Waals surface area contributed by atoms with Crippen molar-refractivity contribution in [1.29, 1.82) is 0 Å². The van der Waals surface area contributed by atoms with E-state index in [-0.39, 0.29) is 12.4 Å². The fourth-order valence-electron chi connectivity index (χ4n) is 2.26. The first-order chi connectivity index (χ1) is 12.8. The maximum absolute atomic E-state index is 13.9. The van der Waals surface area contributed by atoms with Crippen LogP contribution in [0.4, 0.5) is 10.1 Å². The SMILES string of the molecule is CC.CC(C)(O)COc1ccc2c(Oc3ccc(N)cc3F)ccnc2c1. The lowest BCUT2D eigenvalue weighted by Gasteiger charge is -2.18. The Kier molecular flexibility index (Phi) is 6.58. The van der Waals surface area contributed by atoms with E-state index in [4.69, 9.17) is 15.2 Å². The van der Waals surface area contributed by atoms with E-state index in [1.807, 2.05) is 13.8 Å². The van der Waals surface area contributed by atoms with E-state index in [2.05, 4.69) is 4.98 Å². The number of nitrogens with two attached hydrogens (primary N) is 1. The van der Waals surface area contributed by atoms with Crippen molar-refractivity contribution in [2.45, 2.75) is 33.3 Å². The van der Waals surface area contributed by atoms with Gasteiger partial charge in [0.25, 0.3) is 0 Å². The topological polar surface area (TPSA) is 77.6 Å². The number of benzene rings is 2. The number of ether oxygens (including phenoxy) is 2. The number of nitrogens with zero attached hydrogens (tertiary/aromatic N) is 1. The Balaban J connectivity index is 0.00000126. The molecule has 0 atom stereocenters. The summed E-state index contributed by atoms with van der Waals surface area (Å²) in [6.45, 7) is 7.49. The Morgan fingerprint density at radius 2 is 1.81 bits per heavy atom. The number of rotatable bonds is 5. The average Bonchev–Trinajstić information content (AvgIpc) is 2.63. The van der Waals surface area contributed by atoms with E-state index >= 15 is 0 Å². The number of aromatic nitrogens is 1. The second kappa shape index (κ2) is 8.68. The molecule has 3 rings (SSSR count). The zero-order valence-electron chi connectivity index (χ0n) is 16.0. The van der Waals surface area contributed by atoms with Gasteiger partial charge in [-0.1, -0.05) is 13.8 Å². The first kappa shape index (κ1) is 20.5. The molecule has 0 aliphatic rings. The molecule has 6 heteroatoms. The van der Waals surface area contributed by atoms with Crippen molar-refractivity contribution in [1.82, 2.24) is 4.98 Å². The molecule has 0 saturated carbocycles. The summed E-state index contributed by atoms with van der Waals surface area (Å²) in [5, 5.41) is 10.5. The van der Waals surface area contributed by atoms with Gasteiger partial charge in [0.05, 0.1) is 11.1 Å². The van der Waals surface area contributed by atoms with Gasteiger partial charge in [0.15, 0.2) is 11.6 Å². The molecule has 1 aromatic heterocycles. The van der Waals surface area contributed by atoms with Crippen LogP contribution in [-0.4, -0.2) is 22.3 Å². The van der Waals surface area contributed by atoms with Crippen molar-refractivity contribution in [2.75, 3.05) is 12.3 Å². The minimum Gasteiger partial charge on any atom is -0.491 e. The molecule has 0 saturated heterocycles. The first-order valence-corrected chi connectivity index (χ1v) is 8.79. The lowest BCUT2D eigenvalue weighted by atomic mass is 10.1. The number of nitrogen functional groups attached to an aromatic ring is 1. The number of halogens is 1. The second-order valence-corrected chi connectivity index (χ2v) is 6.38. The molecule has 0 radical (unpaired) electrons. The van der Waals surface area contributed by atoms with E-state index in [0.29, 0.717) is 28.1 Å². The summed E-state index contributed by atoms with van der Waals surface area (Å²) >= 11 is 0. The van der Waals surface area contributed by atoms with Crippen LogP contribution in [0.5, 0.6) is 17.2 Å². The van der Waals surface area contributed by atoms with Crippen LogP contribution in [0.2, 0.25) is 0 Å². The summed E-state index contributed by atoms with van der Waals surface area (Å²) in [7, 11) is 0. The predicted molar refractivity (Wildman–Crippen MR) is 106 cm³/mol. The summed E-state index contributed by atoms with van der Waals surface area (Å²) in [6.07, 6.45) is 1.58. The van der Waals surface area contributed by atoms with Gasteiger partial charge in [0.2, 0.25) is 0 Å². The molecule has 0 unspecified atom stereocenters. The number of anilines is 1. The van der Waals surface area contributed by atoms with Gasteiger partial charge in [-0.05, 0) is 44.2 Å². The maximum atomic E-state index is 13.9. The van der Waals surface area contributed by atoms with Gasteiger partial charge in [-0.3, -0.25) is 4.98 Å². The van der Waals surface area contributed by atoms with Gasteiger partial charge in [-0.15, -0.1) is 0 Å². The van der Waals surface area contributed by atoms with Crippen LogP contribution in [0.15, 0.2) is 48.7 Å². The van der Waals surface area contributed by atoms with Gasteiger partial charge in [0.1, 0.15) is 18.1 Å². The summed E-state index contributed by atoms with van der Waals surface area (Å²) in [6, 6.07) is 11.2. The van der Waals surface area contributed by atoms with Gasteiger partial charge in [0, 0.05) is 29.4 Å². The molecule has 27 heavy (non-hydrogen) atoms. The summed E-state index contributed by atoms with van der Waals surface area (Å²) in [4.78, 5) is 4.29. The van der Waals surface area contributed by atoms with Gasteiger partial charge < -0.3 is 20.3 Å². The van der Waals surface area contributed by atoms with Crippen molar-refractivity contribution in [3.63, 3.8) is 0 Å². The van der Waals surface area contributed by atoms with Crippen LogP contribution in [0.3, 0.4) is 0 Å². The summed E-state index contributed by atoms with van der Waals surface area (Å²) in [5.41, 5.74) is 5.59. The average molecular weight is 372 g/mol. The van der Waals surface area contributed by atoms with Crippen molar-refractivity contribution in [3.05, 3.63) is 54.5 Å². The molecule has 5 nitrogen and oxygen atoms in total. The van der Waals surface area contributed by atoms with Crippen molar-refractivity contribution >= 4 is 16.6 Å². The molecule has 0 aliphatic heterocycles. The highest BCUT2D eigenvalue weighted by atomic mass is 19.1. The summed E-state index contributed by atoms with van der Waals surface area (Å²) < 4.78 is 25.2. The smallest absolute Gasteiger partial charge is 0.167 e. The molecule has 0 aliphatic carbocycles. The Morgan fingerprint density at radius 1 is 1.07 bits per heavy atom. The van der Waals surface area contributed by atoms with E-state index in [0.717, 1.165) is 0 Å². The van der Waals surface area contributed by atoms with Crippen LogP contribution >= 0.6 is 0 Å². The molecular weight excluding hydrogens is 347 g/mol. The second-order valence-electron chi connectivity index (χ2n) is 6.38. The highest BCUT2D eigenvalue weighted by Crippen LogP contribution is 2.32. The van der Waals surface area contributed by atoms with E-state index in [1.165, 1.54) is 12.1 Å². The van der Waals surface area contributed by atoms with Crippen molar-refractivity contribution in [2.24, 2.45) is 0 Å². The largest absolute Gasteiger partial charge is 0.491 e. The molecule has 3 N–H and O–H groups in total. The number of hydrogen-bond donors (Lipinski definition) is 2. The number of hydrogen-bond acceptors (Lipinski definition) is 5. The van der Waals surface area contributed by atoms with Crippen LogP contribution < -0.4 is 15.2 Å². The monoisotopic (exact) mass is 372 g/mol. The fraction of sp³-hybridized carbons (Fsp3) is 0.286. The quantitative estimate of drug-likeness (QED) is 0.621. The normalized spacial score (nSPS) is 10.9. The zero-order chi connectivity index (χ0) is 20.0. The molecule has 1 heterocycles. The molecular formula is C21H25FN2O3.